The van der Waals surface area contributed by atoms with Gasteiger partial charge in [0.2, 0.25) is 11.8 Å². The van der Waals surface area contributed by atoms with Crippen molar-refractivity contribution in [1.29, 1.82) is 0 Å². The molecule has 0 spiro atoms. The summed E-state index contributed by atoms with van der Waals surface area (Å²) < 4.78 is 63.7. The van der Waals surface area contributed by atoms with Crippen LogP contribution in [0.4, 0.5) is 20.4 Å². The van der Waals surface area contributed by atoms with Crippen molar-refractivity contribution >= 4 is 44.2 Å². The number of nitrogens with one attached hydrogen (secondary N) is 2. The van der Waals surface area contributed by atoms with Gasteiger partial charge in [-0.25, -0.2) is 32.2 Å². The molecule has 2 aromatic heterocycles. The minimum atomic E-state index is -4.41. The summed E-state index contributed by atoms with van der Waals surface area (Å²) in [5.74, 6) is -2.02. The van der Waals surface area contributed by atoms with Crippen molar-refractivity contribution in [3.05, 3.63) is 101 Å². The minimum absolute atomic E-state index is 0.0233. The first-order valence-electron chi connectivity index (χ1n) is 12.1. The number of halogens is 3. The van der Waals surface area contributed by atoms with Crippen molar-refractivity contribution in [2.45, 2.75) is 10.9 Å². The predicted molar refractivity (Wildman–Crippen MR) is 151 cm³/mol. The van der Waals surface area contributed by atoms with Crippen molar-refractivity contribution in [3.8, 4) is 17.0 Å². The van der Waals surface area contributed by atoms with E-state index in [4.69, 9.17) is 16.3 Å². The van der Waals surface area contributed by atoms with Crippen LogP contribution in [0.2, 0.25) is 5.02 Å². The fourth-order valence-corrected chi connectivity index (χ4v) is 5.61. The second-order valence-corrected chi connectivity index (χ2v) is 10.9. The second kappa shape index (κ2) is 11.6. The number of anilines is 2. The first-order chi connectivity index (χ1) is 19.7. The Morgan fingerprint density at radius 3 is 2.54 bits per heavy atom. The summed E-state index contributed by atoms with van der Waals surface area (Å²) in [5, 5.41) is 13.4. The van der Waals surface area contributed by atoms with Gasteiger partial charge in [-0.05, 0) is 41.5 Å². The number of pyridine rings is 1. The summed E-state index contributed by atoms with van der Waals surface area (Å²) in [4.78, 5) is 12.1. The van der Waals surface area contributed by atoms with Crippen LogP contribution < -0.4 is 14.8 Å². The normalized spacial score (nSPS) is 12.2. The van der Waals surface area contributed by atoms with Gasteiger partial charge >= 0.3 is 0 Å². The number of aliphatic hydroxyl groups excluding tert-OH is 1. The van der Waals surface area contributed by atoms with E-state index in [1.807, 2.05) is 30.3 Å². The highest BCUT2D eigenvalue weighted by molar-refractivity contribution is 7.92. The molecule has 3 N–H and O–H groups in total. The third kappa shape index (κ3) is 5.89. The Kier molecular flexibility index (Phi) is 7.97. The number of sulfonamides is 1. The maximum atomic E-state index is 15.6. The molecule has 2 heterocycles. The van der Waals surface area contributed by atoms with Gasteiger partial charge in [-0.3, -0.25) is 4.72 Å². The minimum Gasteiger partial charge on any atom is -0.480 e. The molecule has 0 saturated carbocycles. The van der Waals surface area contributed by atoms with E-state index in [2.05, 4.69) is 25.0 Å². The molecule has 41 heavy (non-hydrogen) atoms. The Bertz CT molecular complexity index is 1850. The molecule has 13 heteroatoms. The van der Waals surface area contributed by atoms with Gasteiger partial charge in [-0.2, -0.15) is 0 Å². The maximum Gasteiger partial charge on any atom is 0.267 e. The lowest BCUT2D eigenvalue weighted by Crippen LogP contribution is -2.16. The molecule has 0 amide bonds. The van der Waals surface area contributed by atoms with Crippen LogP contribution in [-0.4, -0.2) is 42.2 Å². The molecule has 0 aliphatic rings. The summed E-state index contributed by atoms with van der Waals surface area (Å²) in [7, 11) is -3.19. The molecule has 0 aliphatic carbocycles. The van der Waals surface area contributed by atoms with Crippen LogP contribution in [-0.2, 0) is 10.0 Å². The number of benzene rings is 3. The Hall–Kier alpha value is -4.39. The third-order valence-corrected chi connectivity index (χ3v) is 7.73. The number of aromatic nitrogens is 3. The number of nitrogens with zero attached hydrogens (tertiary/aromatic N) is 3. The quantitative estimate of drug-likeness (QED) is 0.201. The molecule has 9 nitrogen and oxygen atoms in total. The molecule has 0 saturated heterocycles. The van der Waals surface area contributed by atoms with Crippen LogP contribution in [0.3, 0.4) is 0 Å². The molecule has 0 fully saturated rings. The number of hydrogen-bond acceptors (Lipinski definition) is 8. The fourth-order valence-electron chi connectivity index (χ4n) is 4.18. The Labute approximate surface area is 238 Å². The largest absolute Gasteiger partial charge is 0.480 e. The summed E-state index contributed by atoms with van der Waals surface area (Å²) in [6, 6.07) is 16.4. The zero-order chi connectivity index (χ0) is 29.1. The van der Waals surface area contributed by atoms with Crippen LogP contribution in [0.1, 0.15) is 11.6 Å². The van der Waals surface area contributed by atoms with Gasteiger partial charge in [-0.1, -0.05) is 48.0 Å². The van der Waals surface area contributed by atoms with Crippen molar-refractivity contribution in [3.63, 3.8) is 0 Å². The van der Waals surface area contributed by atoms with Crippen molar-refractivity contribution in [1.82, 2.24) is 15.0 Å². The van der Waals surface area contributed by atoms with E-state index in [-0.39, 0.29) is 29.0 Å². The van der Waals surface area contributed by atoms with Gasteiger partial charge in [0.15, 0.2) is 10.7 Å². The standard InChI is InChI=1S/C28H22ClF2N5O4S/c1-40-27-24(12-19(29)14-32-27)41(38,39)36-22-10-8-20(30)25(26(22)31)17-7-9-21-18(11-17)13-33-28(34-21)35-23(15-37)16-5-3-2-4-6-16/h2-14,23,36-37H,15H2,1H3,(H,33,34,35)/t23-/m1/s1. The number of methoxy groups -OCH3 is 1. The Morgan fingerprint density at radius 1 is 1.02 bits per heavy atom. The number of fused-ring (bicyclic) bond motifs is 1. The van der Waals surface area contributed by atoms with E-state index in [1.165, 1.54) is 31.6 Å². The molecule has 0 aliphatic heterocycles. The maximum absolute atomic E-state index is 15.6. The molecule has 5 aromatic rings. The highest BCUT2D eigenvalue weighted by Crippen LogP contribution is 2.34. The topological polar surface area (TPSA) is 126 Å². The summed E-state index contributed by atoms with van der Waals surface area (Å²) in [6.07, 6.45) is 2.68. The van der Waals surface area contributed by atoms with Gasteiger partial charge in [-0.15, -0.1) is 0 Å². The SMILES string of the molecule is COc1ncc(Cl)cc1S(=O)(=O)Nc1ccc(F)c(-c2ccc3nc(N[C@H](CO)c4ccccc4)ncc3c2)c1F. The van der Waals surface area contributed by atoms with Crippen molar-refractivity contribution in [2.24, 2.45) is 0 Å². The molecular weight excluding hydrogens is 576 g/mol. The lowest BCUT2D eigenvalue weighted by molar-refractivity contribution is 0.276. The molecule has 5 rings (SSSR count). The van der Waals surface area contributed by atoms with E-state index < -0.39 is 43.8 Å². The Morgan fingerprint density at radius 2 is 1.80 bits per heavy atom. The number of ether oxygens (including phenoxy) is 1. The van der Waals surface area contributed by atoms with Crippen LogP contribution in [0.25, 0.3) is 22.0 Å². The van der Waals surface area contributed by atoms with E-state index in [0.717, 1.165) is 23.8 Å². The summed E-state index contributed by atoms with van der Waals surface area (Å²) in [5.41, 5.74) is 0.525. The van der Waals surface area contributed by atoms with Gasteiger partial charge in [0.05, 0.1) is 41.5 Å². The average Bonchev–Trinajstić information content (AvgIpc) is 2.98. The third-order valence-electron chi connectivity index (χ3n) is 6.16. The molecule has 1 atom stereocenters. The average molecular weight is 598 g/mol. The van der Waals surface area contributed by atoms with Crippen LogP contribution in [0, 0.1) is 11.6 Å². The summed E-state index contributed by atoms with van der Waals surface area (Å²) in [6.45, 7) is -0.191. The lowest BCUT2D eigenvalue weighted by Gasteiger charge is -2.17. The molecule has 0 unspecified atom stereocenters. The van der Waals surface area contributed by atoms with E-state index in [0.29, 0.717) is 10.9 Å². The van der Waals surface area contributed by atoms with Crippen molar-refractivity contribution < 1.29 is 27.0 Å². The molecule has 3 aromatic carbocycles. The first-order valence-corrected chi connectivity index (χ1v) is 14.0. The predicted octanol–water partition coefficient (Wildman–Crippen LogP) is 5.58. The second-order valence-electron chi connectivity index (χ2n) is 8.81. The number of rotatable bonds is 9. The van der Waals surface area contributed by atoms with Gasteiger partial charge in [0.25, 0.3) is 10.0 Å². The van der Waals surface area contributed by atoms with E-state index in [9.17, 15) is 17.9 Å². The summed E-state index contributed by atoms with van der Waals surface area (Å²) >= 11 is 5.90. The van der Waals surface area contributed by atoms with E-state index in [1.54, 1.807) is 6.07 Å². The van der Waals surface area contributed by atoms with Gasteiger partial charge in [0.1, 0.15) is 5.82 Å². The molecule has 0 bridgehead atoms. The lowest BCUT2D eigenvalue weighted by atomic mass is 10.0. The zero-order valence-electron chi connectivity index (χ0n) is 21.3. The highest BCUT2D eigenvalue weighted by Gasteiger charge is 2.25. The zero-order valence-corrected chi connectivity index (χ0v) is 22.9. The van der Waals surface area contributed by atoms with Crippen LogP contribution in [0.5, 0.6) is 5.88 Å². The smallest absolute Gasteiger partial charge is 0.267 e. The fraction of sp³-hybridized carbons (Fsp3) is 0.107. The van der Waals surface area contributed by atoms with Gasteiger partial charge in [0, 0.05) is 17.8 Å². The van der Waals surface area contributed by atoms with Crippen molar-refractivity contribution in [2.75, 3.05) is 23.8 Å². The Balaban J connectivity index is 1.46. The highest BCUT2D eigenvalue weighted by atomic mass is 35.5. The molecular formula is C28H22ClF2N5O4S. The van der Waals surface area contributed by atoms with Crippen LogP contribution in [0.15, 0.2) is 84.0 Å². The van der Waals surface area contributed by atoms with E-state index >= 15 is 4.39 Å². The monoisotopic (exact) mass is 597 g/mol. The molecule has 210 valence electrons. The molecule has 0 radical (unpaired) electrons. The number of aliphatic hydroxyl groups is 1. The first kappa shape index (κ1) is 28.1. The van der Waals surface area contributed by atoms with Gasteiger partial charge < -0.3 is 15.2 Å². The van der Waals surface area contributed by atoms with Crippen LogP contribution >= 0.6 is 11.6 Å². The number of hydrogen-bond donors (Lipinski definition) is 3.